The van der Waals surface area contributed by atoms with E-state index in [1.54, 1.807) is 11.3 Å². The van der Waals surface area contributed by atoms with Gasteiger partial charge in [-0.25, -0.2) is 0 Å². The quantitative estimate of drug-likeness (QED) is 0.423. The first kappa shape index (κ1) is 21.3. The number of ether oxygens (including phenoxy) is 1. The monoisotopic (exact) mass is 480 g/mol. The zero-order valence-corrected chi connectivity index (χ0v) is 21.0. The number of aliphatic hydroxyl groups excluding tert-OH is 1. The van der Waals surface area contributed by atoms with Gasteiger partial charge >= 0.3 is 0 Å². The number of hydrogen-bond donors (Lipinski definition) is 1. The van der Waals surface area contributed by atoms with E-state index in [9.17, 15) is 5.11 Å². The molecule has 172 valence electrons. The Bertz CT molecular complexity index is 1340. The Morgan fingerprint density at radius 3 is 2.45 bits per heavy atom. The van der Waals surface area contributed by atoms with Crippen LogP contribution in [0.5, 0.6) is 0 Å². The molecule has 0 radical (unpaired) electrons. The zero-order valence-electron chi connectivity index (χ0n) is 19.3. The highest BCUT2D eigenvalue weighted by Gasteiger charge is 2.35. The van der Waals surface area contributed by atoms with Crippen molar-refractivity contribution in [2.75, 3.05) is 7.11 Å². The van der Waals surface area contributed by atoms with E-state index in [1.807, 2.05) is 35.5 Å². The van der Waals surface area contributed by atoms with Crippen LogP contribution in [0.4, 0.5) is 0 Å². The lowest BCUT2D eigenvalue weighted by Gasteiger charge is -2.23. The molecule has 6 nitrogen and oxygen atoms in total. The molecule has 0 bridgehead atoms. The molecule has 0 amide bonds. The van der Waals surface area contributed by atoms with Crippen LogP contribution in [0.25, 0.3) is 22.5 Å². The van der Waals surface area contributed by atoms with Gasteiger partial charge in [0.15, 0.2) is 0 Å². The van der Waals surface area contributed by atoms with Crippen molar-refractivity contribution in [3.05, 3.63) is 55.2 Å². The third kappa shape index (κ3) is 3.34. The summed E-state index contributed by atoms with van der Waals surface area (Å²) in [5, 5.41) is 20.2. The van der Waals surface area contributed by atoms with Crippen LogP contribution in [0.15, 0.2) is 24.5 Å². The minimum atomic E-state index is -0.445. The molecule has 33 heavy (non-hydrogen) atoms. The van der Waals surface area contributed by atoms with Gasteiger partial charge in [0.2, 0.25) is 0 Å². The lowest BCUT2D eigenvalue weighted by Crippen LogP contribution is -2.21. The van der Waals surface area contributed by atoms with E-state index >= 15 is 0 Å². The van der Waals surface area contributed by atoms with Gasteiger partial charge in [-0.2, -0.15) is 10.2 Å². The smallest absolute Gasteiger partial charge is 0.0969 e. The van der Waals surface area contributed by atoms with E-state index in [2.05, 4.69) is 42.7 Å². The Labute approximate surface area is 201 Å². The fourth-order valence-electron chi connectivity index (χ4n) is 5.53. The molecular weight excluding hydrogens is 452 g/mol. The summed E-state index contributed by atoms with van der Waals surface area (Å²) in [6, 6.07) is 4.56. The zero-order chi connectivity index (χ0) is 22.9. The normalized spacial score (nSPS) is 21.7. The van der Waals surface area contributed by atoms with Crippen LogP contribution in [0, 0.1) is 26.7 Å². The van der Waals surface area contributed by atoms with Gasteiger partial charge in [-0.15, -0.1) is 22.7 Å². The van der Waals surface area contributed by atoms with Crippen molar-refractivity contribution in [1.82, 2.24) is 19.6 Å². The van der Waals surface area contributed by atoms with E-state index in [4.69, 9.17) is 9.84 Å². The molecule has 4 aromatic rings. The van der Waals surface area contributed by atoms with Crippen LogP contribution in [0.1, 0.15) is 49.3 Å². The number of methoxy groups -OCH3 is 1. The number of aryl methyl sites for hydroxylation is 4. The van der Waals surface area contributed by atoms with Crippen molar-refractivity contribution < 1.29 is 9.84 Å². The number of nitrogens with zero attached hydrogens (tertiary/aromatic N) is 4. The van der Waals surface area contributed by atoms with E-state index in [0.29, 0.717) is 6.42 Å². The molecule has 6 rings (SSSR count). The second-order valence-corrected chi connectivity index (χ2v) is 11.8. The van der Waals surface area contributed by atoms with E-state index in [0.717, 1.165) is 41.2 Å². The Kier molecular flexibility index (Phi) is 5.10. The number of aromatic nitrogens is 4. The average Bonchev–Trinajstić information content (AvgIpc) is 3.51. The largest absolute Gasteiger partial charge is 0.387 e. The average molecular weight is 481 g/mol. The van der Waals surface area contributed by atoms with Crippen LogP contribution in [0.3, 0.4) is 0 Å². The third-order valence-electron chi connectivity index (χ3n) is 6.98. The summed E-state index contributed by atoms with van der Waals surface area (Å²) in [6.45, 7) is 7.97. The van der Waals surface area contributed by atoms with Gasteiger partial charge in [0.1, 0.15) is 0 Å². The van der Waals surface area contributed by atoms with Gasteiger partial charge in [-0.3, -0.25) is 9.36 Å². The molecule has 0 spiro atoms. The number of hydrogen-bond acceptors (Lipinski definition) is 6. The fraction of sp³-hybridized carbons (Fsp3) is 0.440. The van der Waals surface area contributed by atoms with Crippen molar-refractivity contribution in [3.63, 3.8) is 0 Å². The minimum Gasteiger partial charge on any atom is -0.387 e. The molecule has 0 saturated heterocycles. The highest BCUT2D eigenvalue weighted by atomic mass is 32.1. The Morgan fingerprint density at radius 1 is 1.00 bits per heavy atom. The molecule has 0 aliphatic carbocycles. The van der Waals surface area contributed by atoms with E-state index < -0.39 is 6.10 Å². The number of aliphatic hydroxyl groups is 1. The van der Waals surface area contributed by atoms with Crippen molar-refractivity contribution in [2.45, 2.75) is 58.9 Å². The molecule has 3 unspecified atom stereocenters. The summed E-state index contributed by atoms with van der Waals surface area (Å²) in [5.74, 6) is 0.248. The van der Waals surface area contributed by atoms with Crippen LogP contribution in [0.2, 0.25) is 0 Å². The first-order valence-electron chi connectivity index (χ1n) is 11.4. The molecule has 0 saturated carbocycles. The van der Waals surface area contributed by atoms with Gasteiger partial charge in [0.05, 0.1) is 36.0 Å². The molecule has 4 aromatic heterocycles. The summed E-state index contributed by atoms with van der Waals surface area (Å²) in [5.41, 5.74) is 7.14. The van der Waals surface area contributed by atoms with Crippen molar-refractivity contribution >= 4 is 22.7 Å². The molecule has 6 heterocycles. The Hall–Kier alpha value is -2.26. The second-order valence-electron chi connectivity index (χ2n) is 9.31. The SMILES string of the molecule is COC1c2sc(C)cc2-c2c(C)cnn2CC1Cc1cc2c(s1)C(O)CCn1ncc(C)c1-2. The van der Waals surface area contributed by atoms with Gasteiger partial charge in [0, 0.05) is 56.8 Å². The summed E-state index contributed by atoms with van der Waals surface area (Å²) in [7, 11) is 1.83. The van der Waals surface area contributed by atoms with E-state index in [-0.39, 0.29) is 12.0 Å². The number of rotatable bonds is 3. The number of fused-ring (bicyclic) bond motifs is 6. The van der Waals surface area contributed by atoms with Gasteiger partial charge < -0.3 is 9.84 Å². The third-order valence-corrected chi connectivity index (χ3v) is 9.35. The summed E-state index contributed by atoms with van der Waals surface area (Å²) in [6.07, 6.45) is 5.05. The maximum Gasteiger partial charge on any atom is 0.0969 e. The Balaban J connectivity index is 1.42. The molecule has 3 atom stereocenters. The standard InChI is InChI=1S/C25H28N4O2S2/c1-13-10-26-28-6-5-20(30)24-19(21(13)28)9-17(33-24)8-16-12-29-22(14(2)11-27-29)18-7-15(3)32-25(18)23(16)31-4/h7,9-11,16,20,23,30H,5-6,8,12H2,1-4H3. The van der Waals surface area contributed by atoms with Crippen molar-refractivity contribution in [1.29, 1.82) is 0 Å². The second kappa shape index (κ2) is 7.91. The lowest BCUT2D eigenvalue weighted by atomic mass is 9.94. The topological polar surface area (TPSA) is 65.1 Å². The summed E-state index contributed by atoms with van der Waals surface area (Å²) >= 11 is 3.58. The summed E-state index contributed by atoms with van der Waals surface area (Å²) < 4.78 is 10.4. The lowest BCUT2D eigenvalue weighted by molar-refractivity contribution is 0.0477. The molecule has 0 fully saturated rings. The molecule has 2 aliphatic heterocycles. The molecule has 1 N–H and O–H groups in total. The molecular formula is C25H28N4O2S2. The number of thiophene rings is 2. The first-order chi connectivity index (χ1) is 15.9. The fourth-order valence-corrected chi connectivity index (χ4v) is 8.00. The molecule has 8 heteroatoms. The Morgan fingerprint density at radius 2 is 1.70 bits per heavy atom. The van der Waals surface area contributed by atoms with Crippen molar-refractivity contribution in [2.24, 2.45) is 5.92 Å². The van der Waals surface area contributed by atoms with Gasteiger partial charge in [-0.05, 0) is 56.9 Å². The molecule has 0 aromatic carbocycles. The van der Waals surface area contributed by atoms with Crippen LogP contribution < -0.4 is 0 Å². The first-order valence-corrected chi connectivity index (χ1v) is 13.1. The van der Waals surface area contributed by atoms with Gasteiger partial charge in [-0.1, -0.05) is 0 Å². The predicted molar refractivity (Wildman–Crippen MR) is 132 cm³/mol. The summed E-state index contributed by atoms with van der Waals surface area (Å²) in [4.78, 5) is 4.94. The van der Waals surface area contributed by atoms with Crippen LogP contribution >= 0.6 is 22.7 Å². The minimum absolute atomic E-state index is 0.0129. The van der Waals surface area contributed by atoms with Crippen molar-refractivity contribution in [3.8, 4) is 22.5 Å². The highest BCUT2D eigenvalue weighted by molar-refractivity contribution is 7.13. The van der Waals surface area contributed by atoms with Gasteiger partial charge in [0.25, 0.3) is 0 Å². The highest BCUT2D eigenvalue weighted by Crippen LogP contribution is 2.47. The van der Waals surface area contributed by atoms with E-state index in [1.165, 1.54) is 31.5 Å². The van der Waals surface area contributed by atoms with Crippen LogP contribution in [-0.4, -0.2) is 31.8 Å². The van der Waals surface area contributed by atoms with Crippen LogP contribution in [-0.2, 0) is 24.2 Å². The molecule has 2 aliphatic rings. The predicted octanol–water partition coefficient (Wildman–Crippen LogP) is 5.46. The maximum atomic E-state index is 10.9. The maximum absolute atomic E-state index is 10.9.